The third kappa shape index (κ3) is 4.12. The zero-order chi connectivity index (χ0) is 37.9. The molecule has 0 bridgehead atoms. The van der Waals surface area contributed by atoms with E-state index in [1.807, 2.05) is 49.1 Å². The summed E-state index contributed by atoms with van der Waals surface area (Å²) >= 11 is 0. The molecule has 8 heterocycles. The van der Waals surface area contributed by atoms with Crippen LogP contribution in [0.1, 0.15) is 0 Å². The van der Waals surface area contributed by atoms with Crippen LogP contribution in [0.25, 0.3) is 110 Å². The van der Waals surface area contributed by atoms with Gasteiger partial charge >= 0.3 is 0 Å². The number of nitrogens with zero attached hydrogens (tertiary/aromatic N) is 8. The van der Waals surface area contributed by atoms with Gasteiger partial charge in [-0.3, -0.25) is 19.9 Å². The lowest BCUT2D eigenvalue weighted by atomic mass is 10.1. The van der Waals surface area contributed by atoms with E-state index in [9.17, 15) is 0 Å². The van der Waals surface area contributed by atoms with Gasteiger partial charge in [-0.1, -0.05) is 72.8 Å². The Morgan fingerprint density at radius 2 is 0.466 bits per heavy atom. The Morgan fingerprint density at radius 3 is 0.724 bits per heavy atom. The van der Waals surface area contributed by atoms with Crippen LogP contribution in [0.15, 0.2) is 183 Å². The monoisotopic (exact) mass is 742 g/mol. The molecule has 0 saturated carbocycles. The summed E-state index contributed by atoms with van der Waals surface area (Å²) in [6.45, 7) is 0. The molecule has 0 aliphatic rings. The molecule has 13 aromatic rings. The Kier molecular flexibility index (Phi) is 6.29. The summed E-state index contributed by atoms with van der Waals surface area (Å²) < 4.78 is 9.54. The lowest BCUT2D eigenvalue weighted by Crippen LogP contribution is -2.10. The van der Waals surface area contributed by atoms with Crippen molar-refractivity contribution in [2.24, 2.45) is 0 Å². The minimum atomic E-state index is 0.952. The number of rotatable bonds is 4. The summed E-state index contributed by atoms with van der Waals surface area (Å²) in [6.07, 6.45) is 7.53. The van der Waals surface area contributed by atoms with Crippen molar-refractivity contribution in [3.05, 3.63) is 183 Å². The van der Waals surface area contributed by atoms with Crippen molar-refractivity contribution in [2.45, 2.75) is 0 Å². The third-order valence-electron chi connectivity index (χ3n) is 11.7. The van der Waals surface area contributed by atoms with Crippen LogP contribution < -0.4 is 0 Å². The van der Waals surface area contributed by atoms with E-state index in [4.69, 9.17) is 19.9 Å². The van der Waals surface area contributed by atoms with E-state index in [2.05, 4.69) is 152 Å². The maximum atomic E-state index is 4.97. The van der Waals surface area contributed by atoms with Crippen LogP contribution >= 0.6 is 0 Å². The van der Waals surface area contributed by atoms with Crippen LogP contribution in [0, 0.1) is 0 Å². The second-order valence-electron chi connectivity index (χ2n) is 14.7. The van der Waals surface area contributed by atoms with Crippen molar-refractivity contribution in [1.29, 1.82) is 0 Å². The molecular formula is C50H30N8. The van der Waals surface area contributed by atoms with Gasteiger partial charge in [0.25, 0.3) is 0 Å². The van der Waals surface area contributed by atoms with Gasteiger partial charge in [0.15, 0.2) is 0 Å². The quantitative estimate of drug-likeness (QED) is 0.180. The maximum Gasteiger partial charge on any atom is 0.0963 e. The molecule has 13 rings (SSSR count). The van der Waals surface area contributed by atoms with Crippen LogP contribution in [-0.2, 0) is 0 Å². The molecule has 0 saturated heterocycles. The fraction of sp³-hybridized carbons (Fsp3) is 0. The van der Waals surface area contributed by atoms with E-state index in [-0.39, 0.29) is 0 Å². The number of para-hydroxylation sites is 4. The van der Waals surface area contributed by atoms with Gasteiger partial charge in [0.2, 0.25) is 0 Å². The molecule has 0 radical (unpaired) electrons. The number of hydrogen-bond donors (Lipinski definition) is 0. The van der Waals surface area contributed by atoms with Gasteiger partial charge in [-0.05, 0) is 84.9 Å². The van der Waals surface area contributed by atoms with Gasteiger partial charge in [-0.15, -0.1) is 0 Å². The van der Waals surface area contributed by atoms with E-state index in [0.29, 0.717) is 0 Å². The molecule has 8 aromatic heterocycles. The number of fused-ring (bicyclic) bond motifs is 12. The molecule has 8 heteroatoms. The molecule has 0 amide bonds. The number of hydrogen-bond acceptors (Lipinski definition) is 4. The first-order valence-corrected chi connectivity index (χ1v) is 19.4. The van der Waals surface area contributed by atoms with Gasteiger partial charge in [-0.25, -0.2) is 0 Å². The smallest absolute Gasteiger partial charge is 0.0963 e. The number of aromatic nitrogens is 8. The topological polar surface area (TPSA) is 71.3 Å². The molecule has 58 heavy (non-hydrogen) atoms. The van der Waals surface area contributed by atoms with Crippen LogP contribution in [0.5, 0.6) is 0 Å². The minimum absolute atomic E-state index is 0.952. The van der Waals surface area contributed by atoms with E-state index in [1.165, 1.54) is 0 Å². The van der Waals surface area contributed by atoms with E-state index in [0.717, 1.165) is 110 Å². The second kappa shape index (κ2) is 11.7. The second-order valence-corrected chi connectivity index (χ2v) is 14.7. The van der Waals surface area contributed by atoms with Crippen molar-refractivity contribution in [3.63, 3.8) is 0 Å². The number of pyridine rings is 4. The SMILES string of the molecule is c1ccc2c(c1)c1ncccc1n2-c1cc(-n2c3ccccc3c3ncccc32)c(-n2c3ccccc3c3ncccc32)cc1-n1c2ccccc2c2ncccc21. The summed E-state index contributed by atoms with van der Waals surface area (Å²) in [5, 5.41) is 4.36. The van der Waals surface area contributed by atoms with Crippen molar-refractivity contribution in [2.75, 3.05) is 0 Å². The maximum absolute atomic E-state index is 4.97. The Balaban J connectivity index is 1.31. The summed E-state index contributed by atoms with van der Waals surface area (Å²) in [4.78, 5) is 19.9. The van der Waals surface area contributed by atoms with Gasteiger partial charge < -0.3 is 18.3 Å². The Bertz CT molecular complexity index is 3110. The van der Waals surface area contributed by atoms with Gasteiger partial charge in [0, 0.05) is 46.3 Å². The molecule has 0 spiro atoms. The fourth-order valence-electron chi connectivity index (χ4n) is 9.44. The summed E-state index contributed by atoms with van der Waals surface area (Å²) in [5.41, 5.74) is 16.2. The molecule has 0 fully saturated rings. The first-order chi connectivity index (χ1) is 28.8. The molecular weight excluding hydrogens is 713 g/mol. The predicted octanol–water partition coefficient (Wildman–Crippen LogP) is 11.7. The normalized spacial score (nSPS) is 12.1. The average molecular weight is 743 g/mol. The minimum Gasteiger partial charge on any atom is -0.305 e. The zero-order valence-electron chi connectivity index (χ0n) is 30.9. The molecule has 8 nitrogen and oxygen atoms in total. The van der Waals surface area contributed by atoms with E-state index in [1.54, 1.807) is 0 Å². The fourth-order valence-corrected chi connectivity index (χ4v) is 9.44. The van der Waals surface area contributed by atoms with Crippen molar-refractivity contribution in [1.82, 2.24) is 38.2 Å². The summed E-state index contributed by atoms with van der Waals surface area (Å²) in [6, 6.07) is 55.9. The highest BCUT2D eigenvalue weighted by atomic mass is 15.1. The molecule has 270 valence electrons. The predicted molar refractivity (Wildman–Crippen MR) is 235 cm³/mol. The average Bonchev–Trinajstić information content (AvgIpc) is 4.01. The highest BCUT2D eigenvalue weighted by Gasteiger charge is 2.26. The summed E-state index contributed by atoms with van der Waals surface area (Å²) in [7, 11) is 0. The van der Waals surface area contributed by atoms with Gasteiger partial charge in [-0.2, -0.15) is 0 Å². The molecule has 0 N–H and O–H groups in total. The lowest BCUT2D eigenvalue weighted by Gasteiger charge is -2.23. The van der Waals surface area contributed by atoms with E-state index < -0.39 is 0 Å². The number of benzene rings is 5. The van der Waals surface area contributed by atoms with Crippen LogP contribution in [0.4, 0.5) is 0 Å². The third-order valence-corrected chi connectivity index (χ3v) is 11.7. The zero-order valence-corrected chi connectivity index (χ0v) is 30.9. The molecule has 5 aromatic carbocycles. The largest absolute Gasteiger partial charge is 0.305 e. The van der Waals surface area contributed by atoms with Crippen LogP contribution in [0.2, 0.25) is 0 Å². The Labute approximate surface area is 330 Å². The van der Waals surface area contributed by atoms with Crippen LogP contribution in [0.3, 0.4) is 0 Å². The van der Waals surface area contributed by atoms with Crippen LogP contribution in [-0.4, -0.2) is 38.2 Å². The Hall–Kier alpha value is -8.10. The standard InChI is InChI=1S/C50H30N8/c1-5-17-35-31(13-1)47-39(21-9-25-51-47)55(35)43-29-45(57-37-19-7-3-15-33(37)49-41(57)23-11-27-53-49)46(58-38-20-8-4-16-34(38)50-42(58)24-12-28-54-50)30-44(43)56-36-18-6-2-14-32(36)48-40(56)22-10-26-52-48/h1-30H. The van der Waals surface area contributed by atoms with Crippen molar-refractivity contribution >= 4 is 87.7 Å². The molecule has 0 aliphatic heterocycles. The highest BCUT2D eigenvalue weighted by Crippen LogP contribution is 2.43. The lowest BCUT2D eigenvalue weighted by molar-refractivity contribution is 1.04. The highest BCUT2D eigenvalue weighted by molar-refractivity contribution is 6.12. The molecule has 0 unspecified atom stereocenters. The van der Waals surface area contributed by atoms with Crippen molar-refractivity contribution < 1.29 is 0 Å². The molecule has 0 aliphatic carbocycles. The first kappa shape index (κ1) is 31.1. The summed E-state index contributed by atoms with van der Waals surface area (Å²) in [5.74, 6) is 0. The Morgan fingerprint density at radius 1 is 0.241 bits per heavy atom. The van der Waals surface area contributed by atoms with Gasteiger partial charge in [0.1, 0.15) is 0 Å². The van der Waals surface area contributed by atoms with Gasteiger partial charge in [0.05, 0.1) is 88.9 Å². The van der Waals surface area contributed by atoms with Crippen molar-refractivity contribution in [3.8, 4) is 22.7 Å². The van der Waals surface area contributed by atoms with E-state index >= 15 is 0 Å². The first-order valence-electron chi connectivity index (χ1n) is 19.4. The molecule has 0 atom stereocenters.